The summed E-state index contributed by atoms with van der Waals surface area (Å²) in [4.78, 5) is 23.2. The van der Waals surface area contributed by atoms with Crippen LogP contribution in [0.25, 0.3) is 0 Å². The minimum absolute atomic E-state index is 0.0607. The summed E-state index contributed by atoms with van der Waals surface area (Å²) in [5, 5.41) is 15.0. The molecular formula is C19H26N2O3. The minimum atomic E-state index is -0.831. The zero-order valence-electron chi connectivity index (χ0n) is 14.0. The highest BCUT2D eigenvalue weighted by Gasteiger charge is 2.55. The van der Waals surface area contributed by atoms with Gasteiger partial charge in [0.05, 0.1) is 0 Å². The van der Waals surface area contributed by atoms with Gasteiger partial charge in [0.25, 0.3) is 0 Å². The Balaban J connectivity index is 1.52. The number of carbonyl (C=O) groups is 2. The first-order chi connectivity index (χ1) is 11.6. The van der Waals surface area contributed by atoms with Crippen molar-refractivity contribution in [2.45, 2.75) is 63.5 Å². The quantitative estimate of drug-likeness (QED) is 0.719. The van der Waals surface area contributed by atoms with Crippen LogP contribution in [-0.2, 0) is 11.2 Å². The number of aliphatic carboxylic acids is 1. The maximum absolute atomic E-state index is 12.3. The van der Waals surface area contributed by atoms with Crippen molar-refractivity contribution in [3.05, 3.63) is 35.9 Å². The molecule has 0 aliphatic heterocycles. The van der Waals surface area contributed by atoms with Gasteiger partial charge in [-0.2, -0.15) is 0 Å². The van der Waals surface area contributed by atoms with E-state index < -0.39 is 5.97 Å². The molecule has 1 aromatic carbocycles. The van der Waals surface area contributed by atoms with Crippen molar-refractivity contribution in [2.24, 2.45) is 5.41 Å². The molecule has 2 unspecified atom stereocenters. The fraction of sp³-hybridized carbons (Fsp3) is 0.579. The Morgan fingerprint density at radius 2 is 1.92 bits per heavy atom. The van der Waals surface area contributed by atoms with Gasteiger partial charge in [0, 0.05) is 18.5 Å². The Hall–Kier alpha value is -2.04. The number of nitrogens with one attached hydrogen (secondary N) is 2. The summed E-state index contributed by atoms with van der Waals surface area (Å²) < 4.78 is 0. The van der Waals surface area contributed by atoms with Gasteiger partial charge in [0.2, 0.25) is 0 Å². The average Bonchev–Trinajstić information content (AvgIpc) is 2.99. The van der Waals surface area contributed by atoms with E-state index in [1.54, 1.807) is 0 Å². The minimum Gasteiger partial charge on any atom is -0.481 e. The number of benzene rings is 1. The fourth-order valence-electron chi connectivity index (χ4n) is 3.99. The smallest absolute Gasteiger partial charge is 0.315 e. The third-order valence-electron chi connectivity index (χ3n) is 5.46. The van der Waals surface area contributed by atoms with Crippen LogP contribution in [0.1, 0.15) is 50.5 Å². The largest absolute Gasteiger partial charge is 0.481 e. The van der Waals surface area contributed by atoms with Gasteiger partial charge in [-0.15, -0.1) is 0 Å². The van der Waals surface area contributed by atoms with Gasteiger partial charge in [-0.25, -0.2) is 4.79 Å². The van der Waals surface area contributed by atoms with Crippen molar-refractivity contribution >= 4 is 12.0 Å². The molecular weight excluding hydrogens is 304 g/mol. The number of carboxylic acids is 1. The maximum atomic E-state index is 12.3. The molecule has 2 atom stereocenters. The molecule has 0 aromatic heterocycles. The second kappa shape index (κ2) is 7.24. The lowest BCUT2D eigenvalue weighted by molar-refractivity contribution is -0.137. The fourth-order valence-corrected chi connectivity index (χ4v) is 3.99. The van der Waals surface area contributed by atoms with Crippen LogP contribution in [-0.4, -0.2) is 29.2 Å². The second-order valence-corrected chi connectivity index (χ2v) is 7.26. The summed E-state index contributed by atoms with van der Waals surface area (Å²) in [5.74, 6) is -0.831. The van der Waals surface area contributed by atoms with E-state index in [-0.39, 0.29) is 18.5 Å². The van der Waals surface area contributed by atoms with Crippen molar-refractivity contribution in [3.8, 4) is 0 Å². The van der Waals surface area contributed by atoms with Crippen LogP contribution >= 0.6 is 0 Å². The van der Waals surface area contributed by atoms with E-state index >= 15 is 0 Å². The summed E-state index contributed by atoms with van der Waals surface area (Å²) >= 11 is 0. The lowest BCUT2D eigenvalue weighted by atomic mass is 10.0. The highest BCUT2D eigenvalue weighted by Crippen LogP contribution is 2.57. The lowest BCUT2D eigenvalue weighted by Gasteiger charge is -2.19. The number of urea groups is 1. The van der Waals surface area contributed by atoms with Crippen LogP contribution in [0.3, 0.4) is 0 Å². The molecule has 0 radical (unpaired) electrons. The van der Waals surface area contributed by atoms with Gasteiger partial charge in [-0.05, 0) is 43.1 Å². The van der Waals surface area contributed by atoms with Crippen LogP contribution < -0.4 is 10.6 Å². The van der Waals surface area contributed by atoms with Crippen molar-refractivity contribution in [1.29, 1.82) is 0 Å². The SMILES string of the molecule is O=C(O)CCC(Cc1ccccc1)NC(=O)NC1CC12CCCC2. The van der Waals surface area contributed by atoms with E-state index in [0.717, 1.165) is 12.0 Å². The van der Waals surface area contributed by atoms with E-state index in [9.17, 15) is 9.59 Å². The normalized spacial score (nSPS) is 22.1. The molecule has 0 heterocycles. The average molecular weight is 330 g/mol. The van der Waals surface area contributed by atoms with Gasteiger partial charge in [0.1, 0.15) is 0 Å². The summed E-state index contributed by atoms with van der Waals surface area (Å²) in [6, 6.07) is 9.84. The Morgan fingerprint density at radius 1 is 1.21 bits per heavy atom. The van der Waals surface area contributed by atoms with Crippen molar-refractivity contribution in [1.82, 2.24) is 10.6 Å². The molecule has 2 amide bonds. The summed E-state index contributed by atoms with van der Waals surface area (Å²) in [6.45, 7) is 0. The topological polar surface area (TPSA) is 78.4 Å². The lowest BCUT2D eigenvalue weighted by Crippen LogP contribution is -2.45. The van der Waals surface area contributed by atoms with Crippen molar-refractivity contribution < 1.29 is 14.7 Å². The van der Waals surface area contributed by atoms with E-state index in [4.69, 9.17) is 5.11 Å². The Bertz CT molecular complexity index is 582. The molecule has 2 saturated carbocycles. The highest BCUT2D eigenvalue weighted by atomic mass is 16.4. The standard InChI is InChI=1S/C19H26N2O3/c22-17(23)9-8-15(12-14-6-2-1-3-7-14)20-18(24)21-16-13-19(16)10-4-5-11-19/h1-3,6-7,15-16H,4-5,8-13H2,(H,22,23)(H2,20,21,24). The second-order valence-electron chi connectivity index (χ2n) is 7.26. The van der Waals surface area contributed by atoms with Gasteiger partial charge in [-0.3, -0.25) is 4.79 Å². The van der Waals surface area contributed by atoms with E-state index in [1.165, 1.54) is 25.7 Å². The molecule has 0 saturated heterocycles. The molecule has 1 spiro atoms. The zero-order valence-corrected chi connectivity index (χ0v) is 14.0. The third kappa shape index (κ3) is 4.28. The molecule has 2 aliphatic rings. The molecule has 5 nitrogen and oxygen atoms in total. The number of hydrogen-bond donors (Lipinski definition) is 3. The van der Waals surface area contributed by atoms with Gasteiger partial charge in [-0.1, -0.05) is 43.2 Å². The molecule has 0 bridgehead atoms. The Kier molecular flexibility index (Phi) is 5.07. The molecule has 3 N–H and O–H groups in total. The highest BCUT2D eigenvalue weighted by molar-refractivity contribution is 5.75. The first kappa shape index (κ1) is 16.8. The Labute approximate surface area is 142 Å². The maximum Gasteiger partial charge on any atom is 0.315 e. The molecule has 130 valence electrons. The summed E-state index contributed by atoms with van der Waals surface area (Å²) in [7, 11) is 0. The van der Waals surface area contributed by atoms with Gasteiger partial charge in [0.15, 0.2) is 0 Å². The molecule has 2 aliphatic carbocycles. The van der Waals surface area contributed by atoms with E-state index in [1.807, 2.05) is 30.3 Å². The zero-order chi connectivity index (χ0) is 17.0. The summed E-state index contributed by atoms with van der Waals surface area (Å²) in [6.07, 6.45) is 7.24. The number of carbonyl (C=O) groups excluding carboxylic acids is 1. The Morgan fingerprint density at radius 3 is 2.58 bits per heavy atom. The van der Waals surface area contributed by atoms with Gasteiger partial charge >= 0.3 is 12.0 Å². The predicted octanol–water partition coefficient (Wildman–Crippen LogP) is 3.09. The van der Waals surface area contributed by atoms with E-state index in [0.29, 0.717) is 24.3 Å². The summed E-state index contributed by atoms with van der Waals surface area (Å²) in [5.41, 5.74) is 1.47. The number of carboxylic acid groups (broad SMARTS) is 1. The van der Waals surface area contributed by atoms with Crippen molar-refractivity contribution in [2.75, 3.05) is 0 Å². The molecule has 3 rings (SSSR count). The first-order valence-corrected chi connectivity index (χ1v) is 8.90. The number of hydrogen-bond acceptors (Lipinski definition) is 2. The van der Waals surface area contributed by atoms with Crippen LogP contribution in [0, 0.1) is 5.41 Å². The van der Waals surface area contributed by atoms with Crippen LogP contribution in [0.4, 0.5) is 4.79 Å². The first-order valence-electron chi connectivity index (χ1n) is 8.90. The van der Waals surface area contributed by atoms with Crippen LogP contribution in [0.2, 0.25) is 0 Å². The number of amides is 2. The number of rotatable bonds is 7. The molecule has 1 aromatic rings. The van der Waals surface area contributed by atoms with Crippen LogP contribution in [0.15, 0.2) is 30.3 Å². The van der Waals surface area contributed by atoms with Crippen molar-refractivity contribution in [3.63, 3.8) is 0 Å². The monoisotopic (exact) mass is 330 g/mol. The predicted molar refractivity (Wildman–Crippen MR) is 91.8 cm³/mol. The van der Waals surface area contributed by atoms with E-state index in [2.05, 4.69) is 10.6 Å². The molecule has 2 fully saturated rings. The molecule has 5 heteroatoms. The van der Waals surface area contributed by atoms with Crippen LogP contribution in [0.5, 0.6) is 0 Å². The third-order valence-corrected chi connectivity index (χ3v) is 5.46. The van der Waals surface area contributed by atoms with Gasteiger partial charge < -0.3 is 15.7 Å². The molecule has 24 heavy (non-hydrogen) atoms.